The van der Waals surface area contributed by atoms with E-state index in [-0.39, 0.29) is 0 Å². The van der Waals surface area contributed by atoms with Crippen molar-refractivity contribution in [3.8, 4) is 0 Å². The lowest BCUT2D eigenvalue weighted by Crippen LogP contribution is -2.47. The van der Waals surface area contributed by atoms with E-state index in [2.05, 4.69) is 10.3 Å². The number of amides is 1. The van der Waals surface area contributed by atoms with Gasteiger partial charge < -0.3 is 14.8 Å². The van der Waals surface area contributed by atoms with Crippen LogP contribution in [0.4, 0.5) is 4.79 Å². The maximum atomic E-state index is 11.7. The summed E-state index contributed by atoms with van der Waals surface area (Å²) in [4.78, 5) is 27.0. The fourth-order valence-corrected chi connectivity index (χ4v) is 1.46. The van der Waals surface area contributed by atoms with Gasteiger partial charge in [0.25, 0.3) is 0 Å². The number of aldehydes is 1. The Morgan fingerprint density at radius 2 is 2.00 bits per heavy atom. The molecule has 0 aliphatic heterocycles. The van der Waals surface area contributed by atoms with E-state index in [1.54, 1.807) is 39.8 Å². The molecule has 1 aromatic heterocycles. The minimum atomic E-state index is -1.26. The maximum absolute atomic E-state index is 11.7. The van der Waals surface area contributed by atoms with Gasteiger partial charge in [0.15, 0.2) is 6.29 Å². The SMILES string of the molecule is CC(C)(C)OC(=O)NC(C)(C=O)c1ccc(Cl)cn1. The number of hydrogen-bond acceptors (Lipinski definition) is 4. The number of ether oxygens (including phenoxy) is 1. The Hall–Kier alpha value is -1.62. The Balaban J connectivity index is 2.89. The second kappa shape index (κ2) is 5.57. The highest BCUT2D eigenvalue weighted by molar-refractivity contribution is 6.30. The van der Waals surface area contributed by atoms with E-state index in [4.69, 9.17) is 16.3 Å². The van der Waals surface area contributed by atoms with Gasteiger partial charge in [-0.1, -0.05) is 11.6 Å². The van der Waals surface area contributed by atoms with Crippen LogP contribution in [-0.4, -0.2) is 23.0 Å². The molecule has 0 aliphatic rings. The van der Waals surface area contributed by atoms with Crippen molar-refractivity contribution in [1.82, 2.24) is 10.3 Å². The third-order valence-corrected chi connectivity index (χ3v) is 2.48. The summed E-state index contributed by atoms with van der Waals surface area (Å²) in [6, 6.07) is 3.18. The van der Waals surface area contributed by atoms with Gasteiger partial charge in [0.1, 0.15) is 11.1 Å². The summed E-state index contributed by atoms with van der Waals surface area (Å²) in [5, 5.41) is 2.95. The van der Waals surface area contributed by atoms with Crippen molar-refractivity contribution in [2.75, 3.05) is 0 Å². The van der Waals surface area contributed by atoms with E-state index in [9.17, 15) is 9.59 Å². The van der Waals surface area contributed by atoms with Crippen LogP contribution in [0.3, 0.4) is 0 Å². The second-order valence-corrected chi connectivity index (χ2v) is 5.75. The molecule has 104 valence electrons. The molecular weight excluding hydrogens is 268 g/mol. The van der Waals surface area contributed by atoms with Crippen molar-refractivity contribution in [3.05, 3.63) is 29.0 Å². The molecule has 0 radical (unpaired) electrons. The molecule has 1 atom stereocenters. The number of carbonyl (C=O) groups is 2. The number of rotatable bonds is 3. The highest BCUT2D eigenvalue weighted by atomic mass is 35.5. The van der Waals surface area contributed by atoms with E-state index in [0.717, 1.165) is 0 Å². The third kappa shape index (κ3) is 4.52. The van der Waals surface area contributed by atoms with Gasteiger partial charge in [-0.25, -0.2) is 4.79 Å². The Kier molecular flexibility index (Phi) is 4.52. The molecule has 0 bridgehead atoms. The van der Waals surface area contributed by atoms with Gasteiger partial charge in [-0.2, -0.15) is 0 Å². The van der Waals surface area contributed by atoms with Crippen molar-refractivity contribution in [2.24, 2.45) is 0 Å². The van der Waals surface area contributed by atoms with Crippen molar-refractivity contribution in [3.63, 3.8) is 0 Å². The first-order chi connectivity index (χ1) is 8.66. The molecule has 1 heterocycles. The number of hydrogen-bond donors (Lipinski definition) is 1. The van der Waals surface area contributed by atoms with Crippen LogP contribution in [0.15, 0.2) is 18.3 Å². The molecule has 0 saturated carbocycles. The molecule has 19 heavy (non-hydrogen) atoms. The molecule has 0 aromatic carbocycles. The van der Waals surface area contributed by atoms with E-state index in [1.165, 1.54) is 6.20 Å². The first kappa shape index (κ1) is 15.4. The highest BCUT2D eigenvalue weighted by Crippen LogP contribution is 2.19. The van der Waals surface area contributed by atoms with E-state index < -0.39 is 17.2 Å². The Morgan fingerprint density at radius 3 is 2.42 bits per heavy atom. The van der Waals surface area contributed by atoms with E-state index in [1.807, 2.05) is 0 Å². The van der Waals surface area contributed by atoms with Gasteiger partial charge in [0.05, 0.1) is 10.7 Å². The van der Waals surface area contributed by atoms with Gasteiger partial charge in [-0.05, 0) is 39.8 Å². The Morgan fingerprint density at radius 1 is 1.37 bits per heavy atom. The lowest BCUT2D eigenvalue weighted by Gasteiger charge is -2.27. The molecule has 1 rings (SSSR count). The number of nitrogens with zero attached hydrogens (tertiary/aromatic N) is 1. The first-order valence-corrected chi connectivity index (χ1v) is 6.13. The standard InChI is InChI=1S/C13H17ClN2O3/c1-12(2,3)19-11(18)16-13(4,8-17)10-6-5-9(14)7-15-10/h5-8H,1-4H3,(H,16,18). The van der Waals surface area contributed by atoms with Gasteiger partial charge in [-0.3, -0.25) is 4.98 Å². The summed E-state index contributed by atoms with van der Waals surface area (Å²) < 4.78 is 5.12. The van der Waals surface area contributed by atoms with Crippen LogP contribution in [0.25, 0.3) is 0 Å². The monoisotopic (exact) mass is 284 g/mol. The van der Waals surface area contributed by atoms with Crippen LogP contribution in [0.1, 0.15) is 33.4 Å². The van der Waals surface area contributed by atoms with Crippen LogP contribution in [0.2, 0.25) is 5.02 Å². The van der Waals surface area contributed by atoms with Crippen LogP contribution in [0, 0.1) is 0 Å². The summed E-state index contributed by atoms with van der Waals surface area (Å²) in [7, 11) is 0. The van der Waals surface area contributed by atoms with Crippen molar-refractivity contribution >= 4 is 24.0 Å². The maximum Gasteiger partial charge on any atom is 0.408 e. The average molecular weight is 285 g/mol. The van der Waals surface area contributed by atoms with Crippen molar-refractivity contribution in [2.45, 2.75) is 38.8 Å². The smallest absolute Gasteiger partial charge is 0.408 e. The van der Waals surface area contributed by atoms with Crippen LogP contribution < -0.4 is 5.32 Å². The minimum absolute atomic E-state index is 0.387. The highest BCUT2D eigenvalue weighted by Gasteiger charge is 2.31. The summed E-state index contributed by atoms with van der Waals surface area (Å²) in [6.45, 7) is 6.77. The summed E-state index contributed by atoms with van der Waals surface area (Å²) >= 11 is 5.73. The zero-order chi connectivity index (χ0) is 14.7. The lowest BCUT2D eigenvalue weighted by atomic mass is 9.99. The second-order valence-electron chi connectivity index (χ2n) is 5.31. The largest absolute Gasteiger partial charge is 0.444 e. The topological polar surface area (TPSA) is 68.3 Å². The number of alkyl carbamates (subject to hydrolysis) is 1. The number of nitrogens with one attached hydrogen (secondary N) is 1. The zero-order valence-corrected chi connectivity index (χ0v) is 12.1. The number of pyridine rings is 1. The van der Waals surface area contributed by atoms with Crippen LogP contribution in [0.5, 0.6) is 0 Å². The van der Waals surface area contributed by atoms with Crippen molar-refractivity contribution < 1.29 is 14.3 Å². The van der Waals surface area contributed by atoms with Crippen molar-refractivity contribution in [1.29, 1.82) is 0 Å². The number of carbonyl (C=O) groups excluding carboxylic acids is 2. The van der Waals surface area contributed by atoms with Gasteiger partial charge in [0, 0.05) is 6.20 Å². The predicted octanol–water partition coefficient (Wildman–Crippen LogP) is 2.67. The van der Waals surface area contributed by atoms with Gasteiger partial charge in [0.2, 0.25) is 0 Å². The molecule has 1 N–H and O–H groups in total. The molecule has 1 unspecified atom stereocenters. The molecule has 1 amide bonds. The predicted molar refractivity (Wildman–Crippen MR) is 72.0 cm³/mol. The molecule has 0 spiro atoms. The van der Waals surface area contributed by atoms with E-state index >= 15 is 0 Å². The zero-order valence-electron chi connectivity index (χ0n) is 11.4. The normalized spacial score (nSPS) is 14.4. The van der Waals surface area contributed by atoms with Crippen LogP contribution >= 0.6 is 11.6 Å². The van der Waals surface area contributed by atoms with E-state index in [0.29, 0.717) is 17.0 Å². The van der Waals surface area contributed by atoms with Gasteiger partial charge in [-0.15, -0.1) is 0 Å². The molecule has 0 saturated heterocycles. The fraction of sp³-hybridized carbons (Fsp3) is 0.462. The Labute approximate surface area is 117 Å². The van der Waals surface area contributed by atoms with Crippen LogP contribution in [-0.2, 0) is 15.1 Å². The fourth-order valence-electron chi connectivity index (χ4n) is 1.35. The summed E-state index contributed by atoms with van der Waals surface area (Å²) in [5.41, 5.74) is -1.51. The number of halogens is 1. The third-order valence-electron chi connectivity index (χ3n) is 2.26. The Bertz CT molecular complexity index is 468. The minimum Gasteiger partial charge on any atom is -0.444 e. The molecule has 0 aliphatic carbocycles. The molecule has 0 fully saturated rings. The molecule has 6 heteroatoms. The summed E-state index contributed by atoms with van der Waals surface area (Å²) in [5.74, 6) is 0. The molecular formula is C13H17ClN2O3. The quantitative estimate of drug-likeness (QED) is 0.867. The van der Waals surface area contributed by atoms with Gasteiger partial charge >= 0.3 is 6.09 Å². The first-order valence-electron chi connectivity index (χ1n) is 5.76. The summed E-state index contributed by atoms with van der Waals surface area (Å²) in [6.07, 6.45) is 1.33. The average Bonchev–Trinajstić information content (AvgIpc) is 2.26. The molecule has 5 nitrogen and oxygen atoms in total. The lowest BCUT2D eigenvalue weighted by molar-refractivity contribution is -0.113. The number of aromatic nitrogens is 1. The molecule has 1 aromatic rings.